The molecule has 0 radical (unpaired) electrons. The Kier molecular flexibility index (Phi) is 5.64. The van der Waals surface area contributed by atoms with Crippen molar-refractivity contribution in [1.82, 2.24) is 9.88 Å². The molecule has 1 aliphatic rings. The molecule has 0 N–H and O–H groups in total. The summed E-state index contributed by atoms with van der Waals surface area (Å²) in [7, 11) is 0. The van der Waals surface area contributed by atoms with E-state index >= 15 is 0 Å². The molecule has 6 heteroatoms. The highest BCUT2D eigenvalue weighted by atomic mass is 16.4. The molecule has 1 aliphatic heterocycles. The molecule has 0 aliphatic carbocycles. The van der Waals surface area contributed by atoms with Gasteiger partial charge in [0.15, 0.2) is 0 Å². The van der Waals surface area contributed by atoms with E-state index in [4.69, 9.17) is 4.42 Å². The Bertz CT molecular complexity index is 1010. The quantitative estimate of drug-likeness (QED) is 0.813. The van der Waals surface area contributed by atoms with Crippen LogP contribution >= 0.6 is 0 Å². The standard InChI is InChI=1S/C22H25N3O3/c1-13(2)5-6-17-9-14(3)20(22(27)28-17)21(26)25-8-7-18-16(12-25)11-24-15(4)19(18)10-23/h9,11,13H,5-8,12H2,1-4H3. The number of fused-ring (bicyclic) bond motifs is 1. The van der Waals surface area contributed by atoms with Crippen molar-refractivity contribution in [3.8, 4) is 6.07 Å². The Morgan fingerprint density at radius 3 is 2.79 bits per heavy atom. The van der Waals surface area contributed by atoms with E-state index in [1.807, 2.05) is 6.92 Å². The first-order valence-corrected chi connectivity index (χ1v) is 9.62. The van der Waals surface area contributed by atoms with Crippen LogP contribution in [0.2, 0.25) is 0 Å². The van der Waals surface area contributed by atoms with Crippen LogP contribution in [0.5, 0.6) is 0 Å². The van der Waals surface area contributed by atoms with Crippen molar-refractivity contribution < 1.29 is 9.21 Å². The second-order valence-corrected chi connectivity index (χ2v) is 7.80. The first-order valence-electron chi connectivity index (χ1n) is 9.62. The van der Waals surface area contributed by atoms with Crippen molar-refractivity contribution in [1.29, 1.82) is 5.26 Å². The number of pyridine rings is 1. The van der Waals surface area contributed by atoms with Gasteiger partial charge in [-0.2, -0.15) is 5.26 Å². The number of aromatic nitrogens is 1. The van der Waals surface area contributed by atoms with E-state index in [1.165, 1.54) is 0 Å². The average Bonchev–Trinajstić information content (AvgIpc) is 2.65. The Morgan fingerprint density at radius 1 is 1.39 bits per heavy atom. The molecule has 0 saturated carbocycles. The fourth-order valence-electron chi connectivity index (χ4n) is 3.61. The van der Waals surface area contributed by atoms with E-state index in [9.17, 15) is 14.9 Å². The highest BCUT2D eigenvalue weighted by Gasteiger charge is 2.28. The van der Waals surface area contributed by atoms with Gasteiger partial charge in [-0.1, -0.05) is 13.8 Å². The van der Waals surface area contributed by atoms with Crippen molar-refractivity contribution in [2.75, 3.05) is 6.54 Å². The molecular formula is C22H25N3O3. The molecule has 0 unspecified atom stereocenters. The van der Waals surface area contributed by atoms with Gasteiger partial charge in [0.25, 0.3) is 5.91 Å². The maximum absolute atomic E-state index is 13.0. The van der Waals surface area contributed by atoms with Crippen molar-refractivity contribution in [2.45, 2.75) is 53.5 Å². The van der Waals surface area contributed by atoms with Gasteiger partial charge in [0.2, 0.25) is 0 Å². The lowest BCUT2D eigenvalue weighted by Gasteiger charge is -2.29. The van der Waals surface area contributed by atoms with E-state index < -0.39 is 5.63 Å². The van der Waals surface area contributed by atoms with Gasteiger partial charge < -0.3 is 9.32 Å². The fraction of sp³-hybridized carbons (Fsp3) is 0.455. The summed E-state index contributed by atoms with van der Waals surface area (Å²) in [6.45, 7) is 8.61. The second kappa shape index (κ2) is 7.97. The molecule has 146 valence electrons. The first kappa shape index (κ1) is 19.8. The first-order chi connectivity index (χ1) is 13.3. The van der Waals surface area contributed by atoms with Crippen LogP contribution < -0.4 is 5.63 Å². The molecule has 28 heavy (non-hydrogen) atoms. The lowest BCUT2D eigenvalue weighted by Crippen LogP contribution is -2.39. The molecule has 6 nitrogen and oxygen atoms in total. The maximum atomic E-state index is 13.0. The number of nitriles is 1. The molecule has 2 aromatic heterocycles. The summed E-state index contributed by atoms with van der Waals surface area (Å²) in [5.41, 5.74) is 3.27. The van der Waals surface area contributed by atoms with Crippen LogP contribution in [0.15, 0.2) is 21.5 Å². The number of carbonyl (C=O) groups excluding carboxylic acids is 1. The summed E-state index contributed by atoms with van der Waals surface area (Å²) in [5, 5.41) is 9.38. The predicted octanol–water partition coefficient (Wildman–Crippen LogP) is 3.31. The Morgan fingerprint density at radius 2 is 2.14 bits per heavy atom. The highest BCUT2D eigenvalue weighted by Crippen LogP contribution is 2.24. The van der Waals surface area contributed by atoms with E-state index in [0.29, 0.717) is 54.4 Å². The number of rotatable bonds is 4. The van der Waals surface area contributed by atoms with Gasteiger partial charge in [0.1, 0.15) is 17.4 Å². The smallest absolute Gasteiger partial charge is 0.349 e. The summed E-state index contributed by atoms with van der Waals surface area (Å²) >= 11 is 0. The van der Waals surface area contributed by atoms with E-state index in [1.54, 1.807) is 24.1 Å². The summed E-state index contributed by atoms with van der Waals surface area (Å²) in [5.74, 6) is 0.803. The van der Waals surface area contributed by atoms with Crippen molar-refractivity contribution in [3.05, 3.63) is 62.0 Å². The summed E-state index contributed by atoms with van der Waals surface area (Å²) < 4.78 is 5.41. The van der Waals surface area contributed by atoms with Crippen LogP contribution in [0, 0.1) is 31.1 Å². The largest absolute Gasteiger partial charge is 0.427 e. The monoisotopic (exact) mass is 379 g/mol. The van der Waals surface area contributed by atoms with Gasteiger partial charge in [-0.05, 0) is 55.4 Å². The van der Waals surface area contributed by atoms with Gasteiger partial charge in [-0.25, -0.2) is 4.79 Å². The van der Waals surface area contributed by atoms with Crippen molar-refractivity contribution in [2.24, 2.45) is 5.92 Å². The molecule has 3 rings (SSSR count). The third kappa shape index (κ3) is 3.84. The van der Waals surface area contributed by atoms with Gasteiger partial charge >= 0.3 is 5.63 Å². The molecule has 0 spiro atoms. The zero-order valence-corrected chi connectivity index (χ0v) is 16.8. The average molecular weight is 379 g/mol. The van der Waals surface area contributed by atoms with Crippen molar-refractivity contribution >= 4 is 5.91 Å². The molecule has 3 heterocycles. The minimum Gasteiger partial charge on any atom is -0.427 e. The summed E-state index contributed by atoms with van der Waals surface area (Å²) in [6, 6.07) is 4.01. The topological polar surface area (TPSA) is 87.2 Å². The maximum Gasteiger partial charge on any atom is 0.349 e. The number of hydrogen-bond acceptors (Lipinski definition) is 5. The number of aryl methyl sites for hydroxylation is 3. The van der Waals surface area contributed by atoms with Crippen LogP contribution in [-0.2, 0) is 19.4 Å². The minimum absolute atomic E-state index is 0.0947. The van der Waals surface area contributed by atoms with Crippen LogP contribution in [0.1, 0.15) is 64.3 Å². The van der Waals surface area contributed by atoms with Crippen LogP contribution in [0.3, 0.4) is 0 Å². The Labute approximate surface area is 164 Å². The van der Waals surface area contributed by atoms with Gasteiger partial charge in [0, 0.05) is 25.7 Å². The van der Waals surface area contributed by atoms with Crippen LogP contribution in [0.25, 0.3) is 0 Å². The number of hydrogen-bond donors (Lipinski definition) is 0. The van der Waals surface area contributed by atoms with Crippen LogP contribution in [0.4, 0.5) is 0 Å². The number of amides is 1. The highest BCUT2D eigenvalue weighted by molar-refractivity contribution is 5.95. The molecule has 0 saturated heterocycles. The lowest BCUT2D eigenvalue weighted by atomic mass is 9.95. The SMILES string of the molecule is Cc1cc(CCC(C)C)oc(=O)c1C(=O)N1CCc2c(cnc(C)c2C#N)C1. The minimum atomic E-state index is -0.575. The molecule has 0 bridgehead atoms. The normalized spacial score (nSPS) is 13.4. The number of carbonyl (C=O) groups is 1. The molecular weight excluding hydrogens is 354 g/mol. The summed E-state index contributed by atoms with van der Waals surface area (Å²) in [6.07, 6.45) is 3.90. The molecule has 1 amide bonds. The van der Waals surface area contributed by atoms with Crippen molar-refractivity contribution in [3.63, 3.8) is 0 Å². The van der Waals surface area contributed by atoms with Crippen LogP contribution in [-0.4, -0.2) is 22.3 Å². The molecule has 0 fully saturated rings. The Balaban J connectivity index is 1.86. The third-order valence-corrected chi connectivity index (χ3v) is 5.24. The fourth-order valence-corrected chi connectivity index (χ4v) is 3.61. The van der Waals surface area contributed by atoms with E-state index in [0.717, 1.165) is 17.5 Å². The molecule has 0 atom stereocenters. The number of nitrogens with zero attached hydrogens (tertiary/aromatic N) is 3. The van der Waals surface area contributed by atoms with Gasteiger partial charge in [-0.3, -0.25) is 9.78 Å². The zero-order valence-electron chi connectivity index (χ0n) is 16.8. The van der Waals surface area contributed by atoms with Gasteiger partial charge in [-0.15, -0.1) is 0 Å². The summed E-state index contributed by atoms with van der Waals surface area (Å²) in [4.78, 5) is 31.4. The predicted molar refractivity (Wildman–Crippen MR) is 105 cm³/mol. The Hall–Kier alpha value is -2.94. The van der Waals surface area contributed by atoms with E-state index in [-0.39, 0.29) is 11.5 Å². The van der Waals surface area contributed by atoms with Gasteiger partial charge in [0.05, 0.1) is 11.3 Å². The second-order valence-electron chi connectivity index (χ2n) is 7.80. The van der Waals surface area contributed by atoms with E-state index in [2.05, 4.69) is 24.9 Å². The lowest BCUT2D eigenvalue weighted by molar-refractivity contribution is 0.0728. The third-order valence-electron chi connectivity index (χ3n) is 5.24. The zero-order chi connectivity index (χ0) is 20.4. The molecule has 0 aromatic carbocycles. The molecule has 2 aromatic rings.